The maximum absolute atomic E-state index is 12.5. The van der Waals surface area contributed by atoms with Gasteiger partial charge in [-0.05, 0) is 37.5 Å². The van der Waals surface area contributed by atoms with Gasteiger partial charge in [0.2, 0.25) is 5.91 Å². The molecule has 1 heterocycles. The topological polar surface area (TPSA) is 55.6 Å². The summed E-state index contributed by atoms with van der Waals surface area (Å²) < 4.78 is 5.42. The fraction of sp³-hybridized carbons (Fsp3) is 0.381. The van der Waals surface area contributed by atoms with Gasteiger partial charge in [0.1, 0.15) is 5.75 Å². The molecule has 2 aromatic rings. The Bertz CT molecular complexity index is 814. The molecule has 132 valence electrons. The number of carbonyl (C=O) groups is 1. The Morgan fingerprint density at radius 1 is 1.16 bits per heavy atom. The quantitative estimate of drug-likeness (QED) is 0.838. The number of anilines is 2. The summed E-state index contributed by atoms with van der Waals surface area (Å²) in [4.78, 5) is 14.3. The normalized spacial score (nSPS) is 21.6. The van der Waals surface area contributed by atoms with Crippen LogP contribution in [0.15, 0.2) is 42.5 Å². The summed E-state index contributed by atoms with van der Waals surface area (Å²) in [5.41, 5.74) is 9.39. The average molecular weight is 338 g/mol. The van der Waals surface area contributed by atoms with Gasteiger partial charge in [0.15, 0.2) is 0 Å². The number of hydrogen-bond donors (Lipinski definition) is 1. The number of carbonyl (C=O) groups excluding carboxylic acids is 1. The van der Waals surface area contributed by atoms with Gasteiger partial charge in [-0.1, -0.05) is 37.3 Å². The number of nitrogen functional groups attached to an aromatic ring is 1. The van der Waals surface area contributed by atoms with E-state index in [1.54, 1.807) is 14.0 Å². The van der Waals surface area contributed by atoms with Crippen molar-refractivity contribution in [2.24, 2.45) is 0 Å². The van der Waals surface area contributed by atoms with E-state index in [0.29, 0.717) is 11.4 Å². The van der Waals surface area contributed by atoms with Crippen LogP contribution in [0, 0.1) is 0 Å². The second-order valence-corrected chi connectivity index (χ2v) is 7.65. The second-order valence-electron chi connectivity index (χ2n) is 7.65. The molecule has 0 spiro atoms. The van der Waals surface area contributed by atoms with Crippen LogP contribution in [0.25, 0.3) is 0 Å². The summed E-state index contributed by atoms with van der Waals surface area (Å²) in [6.45, 7) is 8.06. The van der Waals surface area contributed by atoms with Gasteiger partial charge >= 0.3 is 0 Å². The van der Waals surface area contributed by atoms with Gasteiger partial charge in [0.05, 0.1) is 18.5 Å². The first-order chi connectivity index (χ1) is 11.7. The van der Waals surface area contributed by atoms with Gasteiger partial charge in [-0.3, -0.25) is 4.79 Å². The SMILES string of the molecule is COc1cc2c(cc1N)C(C)(c1ccccc1)CC(C)(C)N2C(C)=O. The van der Waals surface area contributed by atoms with Gasteiger partial charge in [-0.15, -0.1) is 0 Å². The molecule has 4 nitrogen and oxygen atoms in total. The van der Waals surface area contributed by atoms with E-state index in [1.165, 1.54) is 5.56 Å². The van der Waals surface area contributed by atoms with E-state index in [-0.39, 0.29) is 16.9 Å². The van der Waals surface area contributed by atoms with Crippen LogP contribution in [-0.4, -0.2) is 18.6 Å². The molecule has 1 atom stereocenters. The minimum absolute atomic E-state index is 0.0215. The molecule has 2 N–H and O–H groups in total. The van der Waals surface area contributed by atoms with Crippen LogP contribution in [0.1, 0.15) is 45.2 Å². The van der Waals surface area contributed by atoms with Gasteiger partial charge < -0.3 is 15.4 Å². The Morgan fingerprint density at radius 2 is 1.80 bits per heavy atom. The van der Waals surface area contributed by atoms with E-state index in [9.17, 15) is 4.79 Å². The Kier molecular flexibility index (Phi) is 4.02. The van der Waals surface area contributed by atoms with Crippen molar-refractivity contribution in [3.05, 3.63) is 53.6 Å². The molecule has 2 aromatic carbocycles. The molecule has 4 heteroatoms. The highest BCUT2D eigenvalue weighted by molar-refractivity contribution is 5.96. The van der Waals surface area contributed by atoms with Crippen molar-refractivity contribution in [1.29, 1.82) is 0 Å². The third-order valence-corrected chi connectivity index (χ3v) is 5.30. The largest absolute Gasteiger partial charge is 0.495 e. The zero-order valence-electron chi connectivity index (χ0n) is 15.6. The summed E-state index contributed by atoms with van der Waals surface area (Å²) in [5.74, 6) is 0.617. The standard InChI is InChI=1S/C21H26N2O2/c1-14(24)23-18-12-19(25-5)17(22)11-16(18)21(4,13-20(23,2)3)15-9-7-6-8-10-15/h6-12H,13,22H2,1-5H3. The first-order valence-electron chi connectivity index (χ1n) is 8.55. The number of rotatable bonds is 2. The summed E-state index contributed by atoms with van der Waals surface area (Å²) >= 11 is 0. The lowest BCUT2D eigenvalue weighted by Gasteiger charge is -2.51. The number of fused-ring (bicyclic) bond motifs is 1. The molecular weight excluding hydrogens is 312 g/mol. The number of methoxy groups -OCH3 is 1. The molecule has 1 unspecified atom stereocenters. The zero-order valence-corrected chi connectivity index (χ0v) is 15.6. The third-order valence-electron chi connectivity index (χ3n) is 5.30. The van der Waals surface area contributed by atoms with Crippen LogP contribution in [0.5, 0.6) is 5.75 Å². The van der Waals surface area contributed by atoms with E-state index in [4.69, 9.17) is 10.5 Å². The highest BCUT2D eigenvalue weighted by Gasteiger charge is 2.47. The minimum Gasteiger partial charge on any atom is -0.495 e. The highest BCUT2D eigenvalue weighted by Crippen LogP contribution is 2.52. The molecule has 0 saturated heterocycles. The monoisotopic (exact) mass is 338 g/mol. The van der Waals surface area contributed by atoms with Crippen molar-refractivity contribution >= 4 is 17.3 Å². The maximum atomic E-state index is 12.5. The first-order valence-corrected chi connectivity index (χ1v) is 8.55. The predicted molar refractivity (Wildman–Crippen MR) is 102 cm³/mol. The van der Waals surface area contributed by atoms with E-state index >= 15 is 0 Å². The summed E-state index contributed by atoms with van der Waals surface area (Å²) in [6.07, 6.45) is 0.808. The van der Waals surface area contributed by atoms with Crippen molar-refractivity contribution < 1.29 is 9.53 Å². The van der Waals surface area contributed by atoms with Gasteiger partial charge in [-0.25, -0.2) is 0 Å². The van der Waals surface area contributed by atoms with Crippen molar-refractivity contribution in [3.63, 3.8) is 0 Å². The lowest BCUT2D eigenvalue weighted by molar-refractivity contribution is -0.117. The van der Waals surface area contributed by atoms with Crippen LogP contribution in [0.4, 0.5) is 11.4 Å². The smallest absolute Gasteiger partial charge is 0.224 e. The molecule has 0 fully saturated rings. The van der Waals surface area contributed by atoms with Crippen molar-refractivity contribution in [1.82, 2.24) is 0 Å². The fourth-order valence-electron chi connectivity index (χ4n) is 4.41. The second kappa shape index (κ2) is 5.80. The summed E-state index contributed by atoms with van der Waals surface area (Å²) in [5, 5.41) is 0. The molecule has 0 radical (unpaired) electrons. The van der Waals surface area contributed by atoms with E-state index in [1.807, 2.05) is 23.1 Å². The number of nitrogens with two attached hydrogens (primary N) is 1. The molecule has 3 rings (SSSR count). The number of nitrogens with zero attached hydrogens (tertiary/aromatic N) is 1. The van der Waals surface area contributed by atoms with Crippen molar-refractivity contribution in [2.45, 2.75) is 45.1 Å². The van der Waals surface area contributed by atoms with Crippen molar-refractivity contribution in [2.75, 3.05) is 17.7 Å². The first kappa shape index (κ1) is 17.3. The van der Waals surface area contributed by atoms with Crippen LogP contribution in [0.2, 0.25) is 0 Å². The minimum atomic E-state index is -0.329. The Hall–Kier alpha value is -2.49. The van der Waals surface area contributed by atoms with E-state index < -0.39 is 0 Å². The zero-order chi connectivity index (χ0) is 18.4. The van der Waals surface area contributed by atoms with E-state index in [0.717, 1.165) is 17.7 Å². The van der Waals surface area contributed by atoms with Crippen LogP contribution in [-0.2, 0) is 10.2 Å². The molecule has 1 aliphatic heterocycles. The van der Waals surface area contributed by atoms with Crippen LogP contribution >= 0.6 is 0 Å². The predicted octanol–water partition coefficient (Wildman–Crippen LogP) is 4.12. The average Bonchev–Trinajstić information content (AvgIpc) is 2.55. The number of amides is 1. The van der Waals surface area contributed by atoms with E-state index in [2.05, 4.69) is 45.0 Å². The third kappa shape index (κ3) is 2.66. The Balaban J connectivity index is 2.34. The summed E-state index contributed by atoms with van der Waals surface area (Å²) in [6, 6.07) is 14.3. The number of benzene rings is 2. The Labute approximate surface area is 149 Å². The number of ether oxygens (including phenoxy) is 1. The molecule has 0 bridgehead atoms. The van der Waals surface area contributed by atoms with Gasteiger partial charge in [0.25, 0.3) is 0 Å². The molecule has 25 heavy (non-hydrogen) atoms. The molecular formula is C21H26N2O2. The molecule has 0 aliphatic carbocycles. The number of hydrogen-bond acceptors (Lipinski definition) is 3. The fourth-order valence-corrected chi connectivity index (χ4v) is 4.41. The molecule has 1 amide bonds. The highest BCUT2D eigenvalue weighted by atomic mass is 16.5. The summed E-state index contributed by atoms with van der Waals surface area (Å²) in [7, 11) is 1.60. The van der Waals surface area contributed by atoms with Crippen LogP contribution in [0.3, 0.4) is 0 Å². The van der Waals surface area contributed by atoms with Crippen LogP contribution < -0.4 is 15.4 Å². The molecule has 0 saturated carbocycles. The maximum Gasteiger partial charge on any atom is 0.224 e. The lowest BCUT2D eigenvalue weighted by Crippen LogP contribution is -2.55. The Morgan fingerprint density at radius 3 is 2.36 bits per heavy atom. The van der Waals surface area contributed by atoms with Gasteiger partial charge in [0, 0.05) is 23.9 Å². The molecule has 0 aromatic heterocycles. The lowest BCUT2D eigenvalue weighted by atomic mass is 9.65. The van der Waals surface area contributed by atoms with Gasteiger partial charge in [-0.2, -0.15) is 0 Å². The molecule has 1 aliphatic rings. The van der Waals surface area contributed by atoms with Crippen molar-refractivity contribution in [3.8, 4) is 5.75 Å².